The van der Waals surface area contributed by atoms with Crippen molar-refractivity contribution in [3.63, 3.8) is 0 Å². The lowest BCUT2D eigenvalue weighted by Crippen LogP contribution is -2.51. The summed E-state index contributed by atoms with van der Waals surface area (Å²) in [6, 6.07) is 7.29. The fourth-order valence-electron chi connectivity index (χ4n) is 2.04. The third-order valence-electron chi connectivity index (χ3n) is 3.50. The van der Waals surface area contributed by atoms with Crippen LogP contribution in [0.3, 0.4) is 0 Å². The Morgan fingerprint density at radius 3 is 2.65 bits per heavy atom. The van der Waals surface area contributed by atoms with Crippen LogP contribution in [0.15, 0.2) is 24.3 Å². The molecule has 0 saturated carbocycles. The van der Waals surface area contributed by atoms with Crippen LogP contribution in [0, 0.1) is 0 Å². The molecule has 0 heterocycles. The first kappa shape index (κ1) is 19.0. The highest BCUT2D eigenvalue weighted by Crippen LogP contribution is 2.14. The van der Waals surface area contributed by atoms with Crippen molar-refractivity contribution in [2.24, 2.45) is 5.73 Å². The van der Waals surface area contributed by atoms with Gasteiger partial charge >= 0.3 is 0 Å². The summed E-state index contributed by atoms with van der Waals surface area (Å²) in [6.07, 6.45) is 1.48. The number of carbonyl (C=O) groups is 2. The molecule has 0 aromatic heterocycles. The molecule has 0 spiro atoms. The van der Waals surface area contributed by atoms with E-state index in [1.165, 1.54) is 4.90 Å². The predicted molar refractivity (Wildman–Crippen MR) is 90.0 cm³/mol. The zero-order valence-electron chi connectivity index (χ0n) is 14.4. The van der Waals surface area contributed by atoms with E-state index in [1.807, 2.05) is 19.1 Å². The van der Waals surface area contributed by atoms with Crippen molar-refractivity contribution in [3.8, 4) is 5.75 Å². The Labute approximate surface area is 138 Å². The lowest BCUT2D eigenvalue weighted by molar-refractivity contribution is -0.130. The van der Waals surface area contributed by atoms with E-state index in [9.17, 15) is 9.59 Å². The van der Waals surface area contributed by atoms with Gasteiger partial charge in [0.05, 0.1) is 5.54 Å². The van der Waals surface area contributed by atoms with E-state index in [0.29, 0.717) is 18.7 Å². The van der Waals surface area contributed by atoms with Crippen molar-refractivity contribution in [3.05, 3.63) is 29.8 Å². The molecule has 0 aliphatic heterocycles. The molecule has 6 nitrogen and oxygen atoms in total. The van der Waals surface area contributed by atoms with Crippen LogP contribution in [0.25, 0.3) is 0 Å². The summed E-state index contributed by atoms with van der Waals surface area (Å²) in [5, 5.41) is 2.84. The van der Waals surface area contributed by atoms with Crippen LogP contribution in [-0.2, 0) is 16.1 Å². The van der Waals surface area contributed by atoms with E-state index in [-0.39, 0.29) is 18.4 Å². The normalized spacial score (nSPS) is 13.1. The summed E-state index contributed by atoms with van der Waals surface area (Å²) in [5.41, 5.74) is 6.02. The van der Waals surface area contributed by atoms with Crippen LogP contribution in [0.2, 0.25) is 0 Å². The summed E-state index contributed by atoms with van der Waals surface area (Å²) >= 11 is 0. The number of hydrogen-bond donors (Lipinski definition) is 2. The number of rotatable bonds is 8. The number of nitrogens with two attached hydrogens (primary N) is 1. The lowest BCUT2D eigenvalue weighted by atomic mass is 9.96. The van der Waals surface area contributed by atoms with E-state index in [2.05, 4.69) is 5.32 Å². The fourth-order valence-corrected chi connectivity index (χ4v) is 2.04. The van der Waals surface area contributed by atoms with Gasteiger partial charge in [-0.15, -0.1) is 0 Å². The molecule has 128 valence electrons. The maximum atomic E-state index is 12.1. The lowest BCUT2D eigenvalue weighted by Gasteiger charge is -2.22. The van der Waals surface area contributed by atoms with Gasteiger partial charge < -0.3 is 20.7 Å². The molecule has 1 aromatic carbocycles. The summed E-state index contributed by atoms with van der Waals surface area (Å²) in [5.74, 6) is 0.312. The average Bonchev–Trinajstić information content (AvgIpc) is 2.50. The second kappa shape index (κ2) is 8.53. The van der Waals surface area contributed by atoms with Gasteiger partial charge in [-0.1, -0.05) is 25.5 Å². The summed E-state index contributed by atoms with van der Waals surface area (Å²) in [4.78, 5) is 25.1. The first-order valence-electron chi connectivity index (χ1n) is 7.75. The minimum absolute atomic E-state index is 0.0137. The van der Waals surface area contributed by atoms with Crippen molar-refractivity contribution in [1.82, 2.24) is 10.2 Å². The van der Waals surface area contributed by atoms with Crippen molar-refractivity contribution in [1.29, 1.82) is 0 Å². The number of carbonyl (C=O) groups excluding carboxylic acids is 2. The van der Waals surface area contributed by atoms with Gasteiger partial charge in [0.15, 0.2) is 6.61 Å². The van der Waals surface area contributed by atoms with E-state index in [0.717, 1.165) is 12.0 Å². The molecular weight excluding hydrogens is 294 g/mol. The van der Waals surface area contributed by atoms with Gasteiger partial charge in [0.2, 0.25) is 5.91 Å². The molecule has 0 fully saturated rings. The average molecular weight is 321 g/mol. The largest absolute Gasteiger partial charge is 0.484 e. The summed E-state index contributed by atoms with van der Waals surface area (Å²) in [6.45, 7) is 4.08. The van der Waals surface area contributed by atoms with Crippen LogP contribution >= 0.6 is 0 Å². The second-order valence-electron chi connectivity index (χ2n) is 6.07. The summed E-state index contributed by atoms with van der Waals surface area (Å²) < 4.78 is 5.45. The molecule has 1 aromatic rings. The number of nitrogens with one attached hydrogen (secondary N) is 1. The van der Waals surface area contributed by atoms with Gasteiger partial charge in [-0.25, -0.2) is 0 Å². The van der Waals surface area contributed by atoms with Gasteiger partial charge in [-0.2, -0.15) is 0 Å². The molecule has 0 radical (unpaired) electrons. The van der Waals surface area contributed by atoms with Crippen LogP contribution in [0.4, 0.5) is 0 Å². The van der Waals surface area contributed by atoms with Crippen molar-refractivity contribution < 1.29 is 14.3 Å². The Balaban J connectivity index is 2.57. The first-order chi connectivity index (χ1) is 10.8. The number of nitrogens with zero attached hydrogens (tertiary/aromatic N) is 1. The van der Waals surface area contributed by atoms with E-state index in [1.54, 1.807) is 33.2 Å². The quantitative estimate of drug-likeness (QED) is 0.755. The van der Waals surface area contributed by atoms with E-state index in [4.69, 9.17) is 10.5 Å². The van der Waals surface area contributed by atoms with Crippen LogP contribution in [-0.4, -0.2) is 43.0 Å². The Bertz CT molecular complexity index is 542. The van der Waals surface area contributed by atoms with Gasteiger partial charge in [0.25, 0.3) is 5.91 Å². The molecule has 0 aliphatic rings. The number of amides is 2. The molecule has 23 heavy (non-hydrogen) atoms. The van der Waals surface area contributed by atoms with Gasteiger partial charge in [-0.05, 0) is 31.0 Å². The topological polar surface area (TPSA) is 84.7 Å². The molecule has 0 bridgehead atoms. The molecule has 1 rings (SSSR count). The standard InChI is InChI=1S/C17H27N3O3/c1-5-9-17(2,18)16(22)19-11-13-7-6-8-14(10-13)23-12-15(21)20(3)4/h6-8,10H,5,9,11-12,18H2,1-4H3,(H,19,22). The highest BCUT2D eigenvalue weighted by atomic mass is 16.5. The molecule has 1 unspecified atom stereocenters. The third kappa shape index (κ3) is 6.28. The number of benzene rings is 1. The van der Waals surface area contributed by atoms with Crippen LogP contribution < -0.4 is 15.8 Å². The van der Waals surface area contributed by atoms with Gasteiger partial charge in [0.1, 0.15) is 5.75 Å². The van der Waals surface area contributed by atoms with Crippen molar-refractivity contribution >= 4 is 11.8 Å². The minimum atomic E-state index is -0.860. The molecular formula is C17H27N3O3. The monoisotopic (exact) mass is 321 g/mol. The highest BCUT2D eigenvalue weighted by molar-refractivity contribution is 5.85. The Hall–Kier alpha value is -2.08. The zero-order valence-corrected chi connectivity index (χ0v) is 14.4. The van der Waals surface area contributed by atoms with Crippen LogP contribution in [0.5, 0.6) is 5.75 Å². The zero-order chi connectivity index (χ0) is 17.5. The van der Waals surface area contributed by atoms with Gasteiger partial charge in [0, 0.05) is 20.6 Å². The Morgan fingerprint density at radius 2 is 2.04 bits per heavy atom. The fraction of sp³-hybridized carbons (Fsp3) is 0.529. The second-order valence-corrected chi connectivity index (χ2v) is 6.07. The molecule has 1 atom stereocenters. The summed E-state index contributed by atoms with van der Waals surface area (Å²) in [7, 11) is 3.36. The molecule has 0 saturated heterocycles. The third-order valence-corrected chi connectivity index (χ3v) is 3.50. The Kier molecular flexibility index (Phi) is 7.03. The predicted octanol–water partition coefficient (Wildman–Crippen LogP) is 1.29. The molecule has 2 amide bonds. The maximum absolute atomic E-state index is 12.1. The Morgan fingerprint density at radius 1 is 1.35 bits per heavy atom. The first-order valence-corrected chi connectivity index (χ1v) is 7.75. The number of hydrogen-bond acceptors (Lipinski definition) is 4. The van der Waals surface area contributed by atoms with E-state index >= 15 is 0 Å². The molecule has 0 aliphatic carbocycles. The number of ether oxygens (including phenoxy) is 1. The SMILES string of the molecule is CCCC(C)(N)C(=O)NCc1cccc(OCC(=O)N(C)C)c1. The molecule has 6 heteroatoms. The van der Waals surface area contributed by atoms with Crippen molar-refractivity contribution in [2.75, 3.05) is 20.7 Å². The maximum Gasteiger partial charge on any atom is 0.259 e. The smallest absolute Gasteiger partial charge is 0.259 e. The van der Waals surface area contributed by atoms with Gasteiger partial charge in [-0.3, -0.25) is 9.59 Å². The molecule has 3 N–H and O–H groups in total. The highest BCUT2D eigenvalue weighted by Gasteiger charge is 2.26. The van der Waals surface area contributed by atoms with Crippen molar-refractivity contribution in [2.45, 2.75) is 38.8 Å². The minimum Gasteiger partial charge on any atom is -0.484 e. The number of likely N-dealkylation sites (N-methyl/N-ethyl adjacent to an activating group) is 1. The van der Waals surface area contributed by atoms with E-state index < -0.39 is 5.54 Å². The van der Waals surface area contributed by atoms with Crippen LogP contribution in [0.1, 0.15) is 32.3 Å².